The Morgan fingerprint density at radius 1 is 0.863 bits per heavy atom. The normalized spacial score (nSPS) is 18.0. The Hall–Kier alpha value is -3.44. The molecule has 3 rings (SSSR count). The summed E-state index contributed by atoms with van der Waals surface area (Å²) in [5.74, 6) is -1.79. The second-order valence-corrected chi connectivity index (χ2v) is 13.3. The second kappa shape index (κ2) is 28.2. The molecule has 0 bridgehead atoms. The minimum atomic E-state index is -0.969. The van der Waals surface area contributed by atoms with Crippen LogP contribution in [0.15, 0.2) is 12.7 Å². The third-order valence-electron chi connectivity index (χ3n) is 8.31. The Morgan fingerprint density at radius 2 is 1.43 bits per heavy atom. The fourth-order valence-corrected chi connectivity index (χ4v) is 5.80. The Kier molecular flexibility index (Phi) is 27.4. The van der Waals surface area contributed by atoms with Gasteiger partial charge in [-0.05, 0) is 56.3 Å². The number of nitrogens with one attached hydrogen (secondary N) is 4. The van der Waals surface area contributed by atoms with E-state index in [1.165, 1.54) is 11.0 Å². The number of ether oxygens (including phenoxy) is 1. The summed E-state index contributed by atoms with van der Waals surface area (Å²) in [6, 6.07) is -2.65. The van der Waals surface area contributed by atoms with Crippen LogP contribution < -0.4 is 21.3 Å². The van der Waals surface area contributed by atoms with E-state index in [9.17, 15) is 28.8 Å². The predicted molar refractivity (Wildman–Crippen MR) is 205 cm³/mol. The fourth-order valence-electron chi connectivity index (χ4n) is 5.80. The van der Waals surface area contributed by atoms with Gasteiger partial charge in [-0.15, -0.1) is 6.58 Å². The second-order valence-electron chi connectivity index (χ2n) is 13.3. The van der Waals surface area contributed by atoms with E-state index in [1.54, 1.807) is 6.92 Å². The molecular formula is C39H73N5O7. The maximum absolute atomic E-state index is 13.3. The topological polar surface area (TPSA) is 163 Å². The number of likely N-dealkylation sites (tertiary alicyclic amines) is 1. The summed E-state index contributed by atoms with van der Waals surface area (Å²) in [5.41, 5.74) is -0.477. The van der Waals surface area contributed by atoms with Gasteiger partial charge in [0.25, 0.3) is 5.91 Å². The Bertz CT molecular complexity index is 1050. The minimum Gasteiger partial charge on any atom is -0.450 e. The lowest BCUT2D eigenvalue weighted by molar-refractivity contribution is -0.142. The van der Waals surface area contributed by atoms with Gasteiger partial charge in [0.2, 0.25) is 23.5 Å². The highest BCUT2D eigenvalue weighted by atomic mass is 16.5. The largest absolute Gasteiger partial charge is 0.450 e. The molecule has 0 spiro atoms. The van der Waals surface area contributed by atoms with Crippen LogP contribution in [0.1, 0.15) is 140 Å². The standard InChI is InChI=1S/C29H45N5O7.C4H10.3C2H6/c1-4-15-30-26(38)23(36)20(17-19-11-12-19)32-25(37)21-10-9-16-34(21)22(35)18-31-27(39)24(33-28(40)41-5-2)29(3)13-7-6-8-14-29;1-4(2)3;3*1-2/h4,19-21,24H,1,5-18H2,2-3H3,(H,30,38)(H,31,39)(H,32,37)(H,33,40);4H,1-3H3;3*1-2H3. The van der Waals surface area contributed by atoms with Crippen LogP contribution in [0, 0.1) is 17.3 Å². The monoisotopic (exact) mass is 724 g/mol. The molecule has 0 aromatic rings. The van der Waals surface area contributed by atoms with Crippen LogP contribution in [0.3, 0.4) is 0 Å². The molecule has 3 atom stereocenters. The quantitative estimate of drug-likeness (QED) is 0.125. The highest BCUT2D eigenvalue weighted by molar-refractivity contribution is 6.38. The number of amides is 5. The molecule has 0 aromatic heterocycles. The summed E-state index contributed by atoms with van der Waals surface area (Å²) in [4.78, 5) is 78.4. The predicted octanol–water partition coefficient (Wildman–Crippen LogP) is 6.08. The van der Waals surface area contributed by atoms with Crippen molar-refractivity contribution in [2.75, 3.05) is 26.2 Å². The van der Waals surface area contributed by atoms with Gasteiger partial charge in [-0.3, -0.25) is 24.0 Å². The van der Waals surface area contributed by atoms with Gasteiger partial charge >= 0.3 is 6.09 Å². The molecule has 0 radical (unpaired) electrons. The van der Waals surface area contributed by atoms with Crippen molar-refractivity contribution in [3.05, 3.63) is 12.7 Å². The highest BCUT2D eigenvalue weighted by Crippen LogP contribution is 2.39. The van der Waals surface area contributed by atoms with E-state index >= 15 is 0 Å². The van der Waals surface area contributed by atoms with Crippen molar-refractivity contribution in [3.8, 4) is 0 Å². The number of nitrogens with zero attached hydrogens (tertiary/aromatic N) is 1. The van der Waals surface area contributed by atoms with Gasteiger partial charge in [0, 0.05) is 13.1 Å². The Labute approximate surface area is 309 Å². The molecule has 12 nitrogen and oxygen atoms in total. The van der Waals surface area contributed by atoms with Crippen LogP contribution in [0.25, 0.3) is 0 Å². The van der Waals surface area contributed by atoms with Gasteiger partial charge in [-0.25, -0.2) is 4.79 Å². The van der Waals surface area contributed by atoms with Gasteiger partial charge < -0.3 is 30.9 Å². The average Bonchev–Trinajstić information content (AvgIpc) is 3.81. The molecule has 2 aliphatic carbocycles. The zero-order valence-electron chi connectivity index (χ0n) is 33.9. The smallest absolute Gasteiger partial charge is 0.407 e. The van der Waals surface area contributed by atoms with Gasteiger partial charge in [-0.2, -0.15) is 0 Å². The molecule has 2 saturated carbocycles. The summed E-state index contributed by atoms with van der Waals surface area (Å²) in [6.07, 6.45) is 8.47. The molecule has 4 N–H and O–H groups in total. The lowest BCUT2D eigenvalue weighted by Gasteiger charge is -2.39. The minimum absolute atomic E-state index is 0.139. The van der Waals surface area contributed by atoms with Crippen molar-refractivity contribution < 1.29 is 33.5 Å². The SMILES string of the molecule is C=CCNC(=O)C(=O)C(CC1CC1)NC(=O)C1CCCN1C(=O)CNC(=O)C(NC(=O)OCC)C1(C)CCCCC1.CC.CC.CC.CC(C)C. The highest BCUT2D eigenvalue weighted by Gasteiger charge is 2.42. The van der Waals surface area contributed by atoms with E-state index in [4.69, 9.17) is 4.74 Å². The van der Waals surface area contributed by atoms with E-state index in [0.29, 0.717) is 25.8 Å². The molecule has 1 aliphatic heterocycles. The van der Waals surface area contributed by atoms with Crippen LogP contribution in [0.5, 0.6) is 0 Å². The van der Waals surface area contributed by atoms with E-state index < -0.39 is 59.0 Å². The number of hydrogen-bond acceptors (Lipinski definition) is 7. The molecule has 3 unspecified atom stereocenters. The van der Waals surface area contributed by atoms with Crippen LogP contribution in [-0.2, 0) is 28.7 Å². The number of ketones is 1. The Morgan fingerprint density at radius 3 is 1.94 bits per heavy atom. The number of carbonyl (C=O) groups excluding carboxylic acids is 6. The van der Waals surface area contributed by atoms with E-state index in [1.807, 2.05) is 48.5 Å². The first-order chi connectivity index (χ1) is 24.3. The summed E-state index contributed by atoms with van der Waals surface area (Å²) in [6.45, 7) is 26.0. The van der Waals surface area contributed by atoms with Crippen LogP contribution in [0.2, 0.25) is 0 Å². The number of carbonyl (C=O) groups is 6. The summed E-state index contributed by atoms with van der Waals surface area (Å²) in [7, 11) is 0. The first kappa shape index (κ1) is 49.7. The molecule has 1 saturated heterocycles. The van der Waals surface area contributed by atoms with Gasteiger partial charge in [-0.1, -0.05) is 107 Å². The first-order valence-electron chi connectivity index (χ1n) is 19.6. The molecular weight excluding hydrogens is 650 g/mol. The van der Waals surface area contributed by atoms with Gasteiger partial charge in [0.05, 0.1) is 19.2 Å². The van der Waals surface area contributed by atoms with E-state index in [-0.39, 0.29) is 25.6 Å². The molecule has 3 aliphatic rings. The molecule has 1 heterocycles. The van der Waals surface area contributed by atoms with Crippen molar-refractivity contribution in [1.82, 2.24) is 26.2 Å². The van der Waals surface area contributed by atoms with Crippen LogP contribution in [0.4, 0.5) is 4.79 Å². The fraction of sp³-hybridized carbons (Fsp3) is 0.795. The molecule has 0 aromatic carbocycles. The number of hydrogen-bond donors (Lipinski definition) is 4. The average molecular weight is 724 g/mol. The maximum atomic E-state index is 13.3. The summed E-state index contributed by atoms with van der Waals surface area (Å²) < 4.78 is 5.01. The number of alkyl carbamates (subject to hydrolysis) is 1. The maximum Gasteiger partial charge on any atom is 0.407 e. The van der Waals surface area contributed by atoms with Crippen molar-refractivity contribution >= 4 is 35.5 Å². The first-order valence-corrected chi connectivity index (χ1v) is 19.6. The van der Waals surface area contributed by atoms with Gasteiger partial charge in [0.1, 0.15) is 12.1 Å². The number of Topliss-reactive ketones (excluding diaryl/α,β-unsaturated/α-hetero) is 1. The molecule has 296 valence electrons. The third-order valence-corrected chi connectivity index (χ3v) is 8.31. The molecule has 12 heteroatoms. The van der Waals surface area contributed by atoms with Crippen LogP contribution in [-0.4, -0.2) is 84.8 Å². The summed E-state index contributed by atoms with van der Waals surface area (Å²) in [5, 5.41) is 10.5. The van der Waals surface area contributed by atoms with E-state index in [0.717, 1.165) is 50.9 Å². The van der Waals surface area contributed by atoms with Crippen LogP contribution >= 0.6 is 0 Å². The molecule has 3 fully saturated rings. The lowest BCUT2D eigenvalue weighted by Crippen LogP contribution is -2.58. The number of rotatable bonds is 14. The van der Waals surface area contributed by atoms with E-state index in [2.05, 4.69) is 48.6 Å². The van der Waals surface area contributed by atoms with Gasteiger partial charge in [0.15, 0.2) is 0 Å². The zero-order chi connectivity index (χ0) is 39.6. The van der Waals surface area contributed by atoms with Crippen molar-refractivity contribution in [2.24, 2.45) is 17.3 Å². The van der Waals surface area contributed by atoms with Crippen molar-refractivity contribution in [1.29, 1.82) is 0 Å². The van der Waals surface area contributed by atoms with Crippen molar-refractivity contribution in [2.45, 2.75) is 158 Å². The zero-order valence-corrected chi connectivity index (χ0v) is 33.9. The Balaban J connectivity index is 0. The summed E-state index contributed by atoms with van der Waals surface area (Å²) >= 11 is 0. The molecule has 5 amide bonds. The van der Waals surface area contributed by atoms with Crippen molar-refractivity contribution in [3.63, 3.8) is 0 Å². The third kappa shape index (κ3) is 19.1. The lowest BCUT2D eigenvalue weighted by atomic mass is 9.70. The molecule has 51 heavy (non-hydrogen) atoms.